The molecule has 0 aromatic heterocycles. The molecule has 2 aliphatic rings. The fourth-order valence-electron chi connectivity index (χ4n) is 2.03. The van der Waals surface area contributed by atoms with Crippen molar-refractivity contribution in [3.05, 3.63) is 47.1 Å². The van der Waals surface area contributed by atoms with Crippen molar-refractivity contribution < 1.29 is 15.0 Å². The summed E-state index contributed by atoms with van der Waals surface area (Å²) in [5, 5.41) is 21.4. The van der Waals surface area contributed by atoms with Gasteiger partial charge in [0.1, 0.15) is 0 Å². The summed E-state index contributed by atoms with van der Waals surface area (Å²) in [6.07, 6.45) is 9.83. The molecule has 0 spiro atoms. The van der Waals surface area contributed by atoms with Crippen molar-refractivity contribution in [1.82, 2.24) is 5.32 Å². The van der Waals surface area contributed by atoms with E-state index in [1.165, 1.54) is 0 Å². The minimum atomic E-state index is -0.951. The Morgan fingerprint density at radius 3 is 2.61 bits per heavy atom. The molecule has 0 unspecified atom stereocenters. The maximum Gasteiger partial charge on any atom is 0.252 e. The van der Waals surface area contributed by atoms with Crippen molar-refractivity contribution >= 4 is 5.91 Å². The number of nitrogens with one attached hydrogen (secondary N) is 1. The molecule has 0 saturated carbocycles. The van der Waals surface area contributed by atoms with Gasteiger partial charge in [-0.05, 0) is 23.6 Å². The van der Waals surface area contributed by atoms with Crippen LogP contribution in [0.15, 0.2) is 47.1 Å². The van der Waals surface area contributed by atoms with E-state index in [1.54, 1.807) is 6.08 Å². The molecule has 0 aliphatic heterocycles. The second-order valence-electron chi connectivity index (χ2n) is 4.55. The molecule has 2 aliphatic carbocycles. The van der Waals surface area contributed by atoms with Crippen LogP contribution in [0, 0.1) is 0 Å². The van der Waals surface area contributed by atoms with E-state index >= 15 is 0 Å². The Balaban J connectivity index is 2.19. The summed E-state index contributed by atoms with van der Waals surface area (Å²) >= 11 is 0. The maximum absolute atomic E-state index is 12.2. The molecule has 18 heavy (non-hydrogen) atoms. The number of aliphatic hydroxyl groups is 2. The topological polar surface area (TPSA) is 69.6 Å². The highest BCUT2D eigenvalue weighted by Crippen LogP contribution is 2.30. The second kappa shape index (κ2) is 4.92. The zero-order valence-electron chi connectivity index (χ0n) is 10.3. The van der Waals surface area contributed by atoms with Gasteiger partial charge in [0.15, 0.2) is 0 Å². The number of allylic oxidation sites excluding steroid dienone is 6. The van der Waals surface area contributed by atoms with Gasteiger partial charge in [-0.15, -0.1) is 0 Å². The quantitative estimate of drug-likeness (QED) is 0.666. The number of carbonyl (C=O) groups excluding carboxylic acids is 1. The number of amides is 1. The van der Waals surface area contributed by atoms with Crippen LogP contribution in [0.4, 0.5) is 0 Å². The van der Waals surface area contributed by atoms with E-state index in [4.69, 9.17) is 0 Å². The lowest BCUT2D eigenvalue weighted by molar-refractivity contribution is -0.120. The largest absolute Gasteiger partial charge is 0.394 e. The van der Waals surface area contributed by atoms with Gasteiger partial charge in [-0.25, -0.2) is 0 Å². The minimum absolute atomic E-state index is 0.263. The van der Waals surface area contributed by atoms with Gasteiger partial charge in [-0.3, -0.25) is 4.79 Å². The molecule has 0 heterocycles. The van der Waals surface area contributed by atoms with E-state index in [9.17, 15) is 15.0 Å². The van der Waals surface area contributed by atoms with Crippen LogP contribution in [0.5, 0.6) is 0 Å². The first-order chi connectivity index (χ1) is 8.65. The molecule has 0 aromatic rings. The molecular weight excluding hydrogens is 230 g/mol. The lowest BCUT2D eigenvalue weighted by Crippen LogP contribution is -2.54. The summed E-state index contributed by atoms with van der Waals surface area (Å²) in [6, 6.07) is 0. The van der Waals surface area contributed by atoms with E-state index < -0.39 is 5.54 Å². The van der Waals surface area contributed by atoms with Gasteiger partial charge in [0.25, 0.3) is 5.91 Å². The van der Waals surface area contributed by atoms with Crippen LogP contribution in [-0.4, -0.2) is 34.9 Å². The molecule has 4 nitrogen and oxygen atoms in total. The third-order valence-electron chi connectivity index (χ3n) is 3.47. The van der Waals surface area contributed by atoms with Crippen molar-refractivity contribution in [2.24, 2.45) is 0 Å². The SMILES string of the molecule is CCC(CO)(CO)NC(=O)C1=C2C=CC=C2C=C1. The molecule has 0 fully saturated rings. The molecule has 4 heteroatoms. The van der Waals surface area contributed by atoms with Crippen LogP contribution >= 0.6 is 0 Å². The van der Waals surface area contributed by atoms with E-state index in [1.807, 2.05) is 31.2 Å². The van der Waals surface area contributed by atoms with Gasteiger partial charge in [0.05, 0.1) is 18.8 Å². The number of hydrogen-bond acceptors (Lipinski definition) is 3. The van der Waals surface area contributed by atoms with Crippen molar-refractivity contribution in [3.63, 3.8) is 0 Å². The predicted molar refractivity (Wildman–Crippen MR) is 68.7 cm³/mol. The normalized spacial score (nSPS) is 17.2. The van der Waals surface area contributed by atoms with Gasteiger partial charge >= 0.3 is 0 Å². The molecular formula is C14H17NO3. The lowest BCUT2D eigenvalue weighted by atomic mass is 9.97. The van der Waals surface area contributed by atoms with E-state index in [2.05, 4.69) is 5.32 Å². The van der Waals surface area contributed by atoms with E-state index in [0.717, 1.165) is 11.1 Å². The zero-order chi connectivity index (χ0) is 13.2. The van der Waals surface area contributed by atoms with Crippen LogP contribution in [0.25, 0.3) is 0 Å². The summed E-state index contributed by atoms with van der Waals surface area (Å²) in [6.45, 7) is 1.25. The smallest absolute Gasteiger partial charge is 0.252 e. The van der Waals surface area contributed by atoms with Crippen molar-refractivity contribution in [2.45, 2.75) is 18.9 Å². The van der Waals surface area contributed by atoms with Crippen LogP contribution in [0.1, 0.15) is 13.3 Å². The van der Waals surface area contributed by atoms with Crippen molar-refractivity contribution in [2.75, 3.05) is 13.2 Å². The highest BCUT2D eigenvalue weighted by atomic mass is 16.3. The Hall–Kier alpha value is -1.65. The molecule has 0 radical (unpaired) electrons. The summed E-state index contributed by atoms with van der Waals surface area (Å²) in [5.74, 6) is -0.263. The molecule has 2 rings (SSSR count). The van der Waals surface area contributed by atoms with Crippen LogP contribution in [-0.2, 0) is 4.79 Å². The maximum atomic E-state index is 12.2. The lowest BCUT2D eigenvalue weighted by Gasteiger charge is -2.29. The first-order valence-corrected chi connectivity index (χ1v) is 6.01. The standard InChI is InChI=1S/C14H17NO3/c1-2-14(8-16,9-17)15-13(18)12-7-6-10-4-3-5-11(10)12/h3-7,16-17H,2,8-9H2,1H3,(H,15,18). The highest BCUT2D eigenvalue weighted by Gasteiger charge is 2.31. The van der Waals surface area contributed by atoms with Gasteiger partial charge in [-0.2, -0.15) is 0 Å². The molecule has 3 N–H and O–H groups in total. The molecule has 1 amide bonds. The Morgan fingerprint density at radius 2 is 2.00 bits per heavy atom. The molecule has 96 valence electrons. The number of carbonyl (C=O) groups is 1. The van der Waals surface area contributed by atoms with Crippen LogP contribution in [0.2, 0.25) is 0 Å². The molecule has 0 saturated heterocycles. The summed E-state index contributed by atoms with van der Waals surface area (Å²) in [4.78, 5) is 12.2. The summed E-state index contributed by atoms with van der Waals surface area (Å²) in [5.41, 5.74) is 1.55. The summed E-state index contributed by atoms with van der Waals surface area (Å²) < 4.78 is 0. The number of hydrogen-bond donors (Lipinski definition) is 3. The first-order valence-electron chi connectivity index (χ1n) is 6.01. The fourth-order valence-corrected chi connectivity index (χ4v) is 2.03. The van der Waals surface area contributed by atoms with E-state index in [0.29, 0.717) is 12.0 Å². The summed E-state index contributed by atoms with van der Waals surface area (Å²) in [7, 11) is 0. The molecule has 0 atom stereocenters. The van der Waals surface area contributed by atoms with Crippen LogP contribution < -0.4 is 5.32 Å². The van der Waals surface area contributed by atoms with Crippen molar-refractivity contribution in [1.29, 1.82) is 0 Å². The molecule has 0 bridgehead atoms. The first kappa shape index (κ1) is 12.8. The van der Waals surface area contributed by atoms with Gasteiger partial charge < -0.3 is 15.5 Å². The predicted octanol–water partition coefficient (Wildman–Crippen LogP) is 0.599. The van der Waals surface area contributed by atoms with Gasteiger partial charge in [0.2, 0.25) is 0 Å². The van der Waals surface area contributed by atoms with Gasteiger partial charge in [-0.1, -0.05) is 31.2 Å². The minimum Gasteiger partial charge on any atom is -0.394 e. The Morgan fingerprint density at radius 1 is 1.28 bits per heavy atom. The van der Waals surface area contributed by atoms with Gasteiger partial charge in [0, 0.05) is 5.57 Å². The molecule has 0 aromatic carbocycles. The average molecular weight is 247 g/mol. The van der Waals surface area contributed by atoms with Crippen LogP contribution in [0.3, 0.4) is 0 Å². The Labute approximate surface area is 106 Å². The number of aliphatic hydroxyl groups excluding tert-OH is 2. The number of rotatable bonds is 5. The fraction of sp³-hybridized carbons (Fsp3) is 0.357. The Bertz CT molecular complexity index is 471. The van der Waals surface area contributed by atoms with E-state index in [-0.39, 0.29) is 19.1 Å². The Kier molecular flexibility index (Phi) is 3.50. The number of fused-ring (bicyclic) bond motifs is 1. The van der Waals surface area contributed by atoms with Crippen molar-refractivity contribution in [3.8, 4) is 0 Å². The average Bonchev–Trinajstić information content (AvgIpc) is 2.98. The third kappa shape index (κ3) is 2.05. The highest BCUT2D eigenvalue weighted by molar-refractivity contribution is 6.01. The zero-order valence-corrected chi connectivity index (χ0v) is 10.3. The monoisotopic (exact) mass is 247 g/mol. The third-order valence-corrected chi connectivity index (χ3v) is 3.47. The second-order valence-corrected chi connectivity index (χ2v) is 4.55.